The van der Waals surface area contributed by atoms with Gasteiger partial charge in [0.2, 0.25) is 11.8 Å². The van der Waals surface area contributed by atoms with Crippen molar-refractivity contribution >= 4 is 11.8 Å². The molecule has 2 amide bonds. The molecule has 0 saturated carbocycles. The fourth-order valence-electron chi connectivity index (χ4n) is 2.02. The predicted octanol–water partition coefficient (Wildman–Crippen LogP) is 0.394. The van der Waals surface area contributed by atoms with Crippen molar-refractivity contribution in [2.24, 2.45) is 5.92 Å². The summed E-state index contributed by atoms with van der Waals surface area (Å²) in [4.78, 5) is 25.4. The largest absolute Gasteiger partial charge is 0.380 e. The molecule has 98 valence electrons. The summed E-state index contributed by atoms with van der Waals surface area (Å²) in [5, 5.41) is 2.65. The summed E-state index contributed by atoms with van der Waals surface area (Å²) >= 11 is 0. The van der Waals surface area contributed by atoms with Crippen LogP contribution in [0.3, 0.4) is 0 Å². The molecule has 1 aliphatic rings. The van der Waals surface area contributed by atoms with Crippen LogP contribution in [0.1, 0.15) is 27.2 Å². The van der Waals surface area contributed by atoms with E-state index in [-0.39, 0.29) is 36.4 Å². The molecule has 1 fully saturated rings. The zero-order chi connectivity index (χ0) is 13.0. The van der Waals surface area contributed by atoms with Crippen LogP contribution in [0.15, 0.2) is 0 Å². The van der Waals surface area contributed by atoms with Gasteiger partial charge in [-0.05, 0) is 12.8 Å². The Hall–Kier alpha value is -1.10. The molecule has 0 aliphatic carbocycles. The first-order valence-corrected chi connectivity index (χ1v) is 6.11. The molecule has 0 bridgehead atoms. The molecule has 0 aromatic rings. The molecule has 0 aromatic heterocycles. The quantitative estimate of drug-likeness (QED) is 0.759. The normalized spacial score (nSPS) is 24.5. The van der Waals surface area contributed by atoms with E-state index in [2.05, 4.69) is 5.32 Å². The maximum Gasteiger partial charge on any atom is 0.243 e. The molecular weight excluding hydrogens is 220 g/mol. The van der Waals surface area contributed by atoms with Gasteiger partial charge in [-0.2, -0.15) is 0 Å². The Bertz CT molecular complexity index is 293. The Morgan fingerprint density at radius 3 is 2.65 bits per heavy atom. The van der Waals surface area contributed by atoms with Gasteiger partial charge in [-0.1, -0.05) is 20.3 Å². The second-order valence-electron chi connectivity index (χ2n) is 4.64. The minimum Gasteiger partial charge on any atom is -0.380 e. The number of nitrogens with zero attached hydrogens (tertiary/aromatic N) is 1. The highest BCUT2D eigenvalue weighted by molar-refractivity contribution is 5.95. The Morgan fingerprint density at radius 2 is 2.12 bits per heavy atom. The van der Waals surface area contributed by atoms with Crippen LogP contribution >= 0.6 is 0 Å². The SMILES string of the molecule is CCC(C)C1C(=O)NCC(=O)N1CC(C)OC. The number of piperazine rings is 1. The number of ether oxygens (including phenoxy) is 1. The number of methoxy groups -OCH3 is 1. The maximum absolute atomic E-state index is 11.9. The third-order valence-corrected chi connectivity index (χ3v) is 3.38. The summed E-state index contributed by atoms with van der Waals surface area (Å²) in [7, 11) is 1.61. The van der Waals surface area contributed by atoms with Gasteiger partial charge in [-0.3, -0.25) is 9.59 Å². The number of nitrogens with one attached hydrogen (secondary N) is 1. The van der Waals surface area contributed by atoms with Gasteiger partial charge < -0.3 is 15.0 Å². The first-order valence-electron chi connectivity index (χ1n) is 6.11. The topological polar surface area (TPSA) is 58.6 Å². The lowest BCUT2D eigenvalue weighted by molar-refractivity contribution is -0.149. The van der Waals surface area contributed by atoms with Gasteiger partial charge in [-0.15, -0.1) is 0 Å². The van der Waals surface area contributed by atoms with Crippen molar-refractivity contribution < 1.29 is 14.3 Å². The lowest BCUT2D eigenvalue weighted by Gasteiger charge is -2.39. The van der Waals surface area contributed by atoms with Gasteiger partial charge in [0.15, 0.2) is 0 Å². The van der Waals surface area contributed by atoms with Crippen molar-refractivity contribution in [3.05, 3.63) is 0 Å². The first kappa shape index (κ1) is 14.0. The molecular formula is C12H22N2O3. The number of rotatable bonds is 5. The molecule has 1 saturated heterocycles. The Balaban J connectivity index is 2.84. The third kappa shape index (κ3) is 3.19. The molecule has 5 heteroatoms. The monoisotopic (exact) mass is 242 g/mol. The predicted molar refractivity (Wildman–Crippen MR) is 64.4 cm³/mol. The summed E-state index contributed by atoms with van der Waals surface area (Å²) in [6.07, 6.45) is 0.805. The number of amides is 2. The van der Waals surface area contributed by atoms with E-state index in [1.54, 1.807) is 12.0 Å². The summed E-state index contributed by atoms with van der Waals surface area (Å²) in [5.74, 6) is 0.0735. The van der Waals surface area contributed by atoms with Crippen LogP contribution in [0.25, 0.3) is 0 Å². The lowest BCUT2D eigenvalue weighted by atomic mass is 9.95. The molecule has 0 aromatic carbocycles. The van der Waals surface area contributed by atoms with E-state index in [1.807, 2.05) is 20.8 Å². The Morgan fingerprint density at radius 1 is 1.47 bits per heavy atom. The number of hydrogen-bond acceptors (Lipinski definition) is 3. The average molecular weight is 242 g/mol. The summed E-state index contributed by atoms with van der Waals surface area (Å²) in [6.45, 7) is 6.48. The number of hydrogen-bond donors (Lipinski definition) is 1. The second kappa shape index (κ2) is 6.00. The van der Waals surface area contributed by atoms with Gasteiger partial charge in [0.25, 0.3) is 0 Å². The van der Waals surface area contributed by atoms with E-state index in [0.29, 0.717) is 6.54 Å². The molecule has 1 aliphatic heterocycles. The average Bonchev–Trinajstić information content (AvgIpc) is 2.33. The fraction of sp³-hybridized carbons (Fsp3) is 0.833. The number of carbonyl (C=O) groups is 2. The molecule has 5 nitrogen and oxygen atoms in total. The Kier molecular flexibility index (Phi) is 4.93. The van der Waals surface area contributed by atoms with Gasteiger partial charge >= 0.3 is 0 Å². The minimum absolute atomic E-state index is 0.0289. The summed E-state index contributed by atoms with van der Waals surface area (Å²) in [5.41, 5.74) is 0. The van der Waals surface area contributed by atoms with E-state index in [9.17, 15) is 9.59 Å². The van der Waals surface area contributed by atoms with E-state index < -0.39 is 0 Å². The van der Waals surface area contributed by atoms with E-state index in [4.69, 9.17) is 4.74 Å². The van der Waals surface area contributed by atoms with Crippen molar-refractivity contribution in [1.82, 2.24) is 10.2 Å². The Labute approximate surface area is 102 Å². The summed E-state index contributed by atoms with van der Waals surface area (Å²) < 4.78 is 5.17. The molecule has 17 heavy (non-hydrogen) atoms. The highest BCUT2D eigenvalue weighted by Gasteiger charge is 2.37. The van der Waals surface area contributed by atoms with Crippen LogP contribution in [0.4, 0.5) is 0 Å². The van der Waals surface area contributed by atoms with Crippen LogP contribution in [0.5, 0.6) is 0 Å². The minimum atomic E-state index is -0.362. The fourth-order valence-corrected chi connectivity index (χ4v) is 2.02. The molecule has 3 unspecified atom stereocenters. The van der Waals surface area contributed by atoms with Gasteiger partial charge in [0, 0.05) is 13.7 Å². The lowest BCUT2D eigenvalue weighted by Crippen LogP contribution is -2.61. The third-order valence-electron chi connectivity index (χ3n) is 3.38. The highest BCUT2D eigenvalue weighted by Crippen LogP contribution is 2.18. The first-order chi connectivity index (χ1) is 8.01. The van der Waals surface area contributed by atoms with Crippen molar-refractivity contribution in [1.29, 1.82) is 0 Å². The molecule has 3 atom stereocenters. The van der Waals surface area contributed by atoms with Crippen molar-refractivity contribution in [3.63, 3.8) is 0 Å². The molecule has 0 spiro atoms. The standard InChI is InChI=1S/C12H22N2O3/c1-5-8(2)11-12(16)13-6-10(15)14(11)7-9(3)17-4/h8-9,11H,5-7H2,1-4H3,(H,13,16). The van der Waals surface area contributed by atoms with E-state index in [1.165, 1.54) is 0 Å². The van der Waals surface area contributed by atoms with Crippen molar-refractivity contribution in [2.75, 3.05) is 20.2 Å². The molecule has 1 heterocycles. The summed E-state index contributed by atoms with van der Waals surface area (Å²) in [6, 6.07) is -0.362. The zero-order valence-electron chi connectivity index (χ0n) is 11.0. The highest BCUT2D eigenvalue weighted by atomic mass is 16.5. The molecule has 1 rings (SSSR count). The second-order valence-corrected chi connectivity index (χ2v) is 4.64. The van der Waals surface area contributed by atoms with Crippen LogP contribution < -0.4 is 5.32 Å². The van der Waals surface area contributed by atoms with E-state index in [0.717, 1.165) is 6.42 Å². The van der Waals surface area contributed by atoms with Crippen LogP contribution in [-0.2, 0) is 14.3 Å². The van der Waals surface area contributed by atoms with E-state index >= 15 is 0 Å². The maximum atomic E-state index is 11.9. The zero-order valence-corrected chi connectivity index (χ0v) is 11.0. The van der Waals surface area contributed by atoms with Gasteiger partial charge in [0.1, 0.15) is 6.04 Å². The van der Waals surface area contributed by atoms with Crippen molar-refractivity contribution in [3.8, 4) is 0 Å². The van der Waals surface area contributed by atoms with Crippen LogP contribution in [0, 0.1) is 5.92 Å². The van der Waals surface area contributed by atoms with Crippen LogP contribution in [-0.4, -0.2) is 49.1 Å². The van der Waals surface area contributed by atoms with Crippen LogP contribution in [0.2, 0.25) is 0 Å². The van der Waals surface area contributed by atoms with Gasteiger partial charge in [0.05, 0.1) is 12.6 Å². The smallest absolute Gasteiger partial charge is 0.243 e. The number of carbonyl (C=O) groups excluding carboxylic acids is 2. The molecule has 0 radical (unpaired) electrons. The van der Waals surface area contributed by atoms with Crippen molar-refractivity contribution in [2.45, 2.75) is 39.3 Å². The molecule has 1 N–H and O–H groups in total. The van der Waals surface area contributed by atoms with Gasteiger partial charge in [-0.25, -0.2) is 0 Å².